The van der Waals surface area contributed by atoms with E-state index in [1.807, 2.05) is 0 Å². The van der Waals surface area contributed by atoms with Gasteiger partial charge in [-0.1, -0.05) is 0 Å². The number of alkyl halides is 3. The largest absolute Gasteiger partial charge is 0.466 e. The van der Waals surface area contributed by atoms with Gasteiger partial charge in [0.2, 0.25) is 5.91 Å². The molecule has 0 fully saturated rings. The van der Waals surface area contributed by atoms with Gasteiger partial charge in [0.25, 0.3) is 5.88 Å². The highest BCUT2D eigenvalue weighted by atomic mass is 19.4. The molecule has 0 aliphatic rings. The van der Waals surface area contributed by atoms with Gasteiger partial charge in [-0.3, -0.25) is 4.79 Å². The number of hydrogen-bond donors (Lipinski definition) is 2. The Morgan fingerprint density at radius 3 is 2.59 bits per heavy atom. The van der Waals surface area contributed by atoms with Gasteiger partial charge < -0.3 is 15.5 Å². The average Bonchev–Trinajstić information content (AvgIpc) is 3.00. The van der Waals surface area contributed by atoms with Crippen molar-refractivity contribution < 1.29 is 27.1 Å². The highest BCUT2D eigenvalue weighted by Crippen LogP contribution is 2.28. The van der Waals surface area contributed by atoms with Crippen LogP contribution in [0.5, 0.6) is 5.88 Å². The zero-order valence-corrected chi connectivity index (χ0v) is 13.5. The van der Waals surface area contributed by atoms with E-state index >= 15 is 0 Å². The molecule has 1 amide bonds. The Morgan fingerprint density at radius 1 is 1.22 bits per heavy atom. The van der Waals surface area contributed by atoms with E-state index in [0.717, 1.165) is 6.07 Å². The van der Waals surface area contributed by atoms with Crippen LogP contribution in [0.4, 0.5) is 17.6 Å². The van der Waals surface area contributed by atoms with Crippen LogP contribution in [0.25, 0.3) is 28.2 Å². The molecule has 10 heteroatoms. The second kappa shape index (κ2) is 7.06. The van der Waals surface area contributed by atoms with Crippen molar-refractivity contribution in [1.29, 1.82) is 0 Å². The number of ether oxygens (including phenoxy) is 1. The van der Waals surface area contributed by atoms with E-state index in [2.05, 4.69) is 19.7 Å². The minimum atomic E-state index is -4.59. The first-order valence-corrected chi connectivity index (χ1v) is 7.53. The van der Waals surface area contributed by atoms with Crippen molar-refractivity contribution in [3.63, 3.8) is 0 Å². The van der Waals surface area contributed by atoms with Crippen LogP contribution in [0, 0.1) is 5.82 Å². The van der Waals surface area contributed by atoms with Gasteiger partial charge in [0.05, 0.1) is 0 Å². The Hall–Kier alpha value is -3.43. The number of nitrogens with zero attached hydrogens (tertiary/aromatic N) is 2. The Kier molecular flexibility index (Phi) is 4.80. The van der Waals surface area contributed by atoms with Gasteiger partial charge in [-0.05, 0) is 18.2 Å². The van der Waals surface area contributed by atoms with Crippen LogP contribution >= 0.6 is 0 Å². The topological polar surface area (TPSA) is 93.9 Å². The third-order valence-corrected chi connectivity index (χ3v) is 3.50. The molecule has 140 valence electrons. The van der Waals surface area contributed by atoms with Crippen LogP contribution in [-0.4, -0.2) is 33.6 Å². The molecule has 0 radical (unpaired) electrons. The fourth-order valence-electron chi connectivity index (χ4n) is 2.33. The van der Waals surface area contributed by atoms with Gasteiger partial charge in [-0.25, -0.2) is 14.4 Å². The number of rotatable bonds is 5. The summed E-state index contributed by atoms with van der Waals surface area (Å²) < 4.78 is 54.8. The van der Waals surface area contributed by atoms with Crippen LogP contribution in [0.2, 0.25) is 0 Å². The van der Waals surface area contributed by atoms with E-state index in [-0.39, 0.29) is 0 Å². The van der Waals surface area contributed by atoms with Crippen molar-refractivity contribution in [2.45, 2.75) is 6.18 Å². The maximum absolute atomic E-state index is 14.0. The second-order valence-corrected chi connectivity index (χ2v) is 5.51. The number of pyridine rings is 2. The standard InChI is InChI=1S/C17H12F4N4O2/c18-13-4-11(7-25-16(13)27-8-17(19,20)21)10-3-12-9(1-2-14(22)26)5-23-15(12)24-6-10/h1-7H,8H2,(H2,22,26)(H,23,24)/b2-1+. The second-order valence-electron chi connectivity index (χ2n) is 5.51. The summed E-state index contributed by atoms with van der Waals surface area (Å²) in [5.41, 5.74) is 7.01. The number of nitrogens with two attached hydrogens (primary N) is 1. The molecule has 0 aliphatic heterocycles. The molecule has 0 unspecified atom stereocenters. The molecule has 0 bridgehead atoms. The van der Waals surface area contributed by atoms with Crippen LogP contribution in [0.15, 0.2) is 36.8 Å². The first-order chi connectivity index (χ1) is 12.7. The number of carbonyl (C=O) groups excluding carboxylic acids is 1. The summed E-state index contributed by atoms with van der Waals surface area (Å²) in [7, 11) is 0. The molecule has 0 atom stereocenters. The number of hydrogen-bond acceptors (Lipinski definition) is 4. The summed E-state index contributed by atoms with van der Waals surface area (Å²) in [6, 6.07) is 2.68. The minimum absolute atomic E-state index is 0.298. The summed E-state index contributed by atoms with van der Waals surface area (Å²) in [4.78, 5) is 21.6. The molecule has 0 saturated heterocycles. The molecular formula is C17H12F4N4O2. The van der Waals surface area contributed by atoms with Gasteiger partial charge in [0, 0.05) is 46.7 Å². The first-order valence-electron chi connectivity index (χ1n) is 7.53. The lowest BCUT2D eigenvalue weighted by Crippen LogP contribution is -2.20. The monoisotopic (exact) mass is 380 g/mol. The lowest BCUT2D eigenvalue weighted by molar-refractivity contribution is -0.154. The van der Waals surface area contributed by atoms with Gasteiger partial charge >= 0.3 is 6.18 Å². The Labute approximate surface area is 149 Å². The third-order valence-electron chi connectivity index (χ3n) is 3.50. The van der Waals surface area contributed by atoms with Crippen LogP contribution < -0.4 is 10.5 Å². The smallest absolute Gasteiger partial charge is 0.422 e. The fourth-order valence-corrected chi connectivity index (χ4v) is 2.33. The number of carbonyl (C=O) groups is 1. The molecule has 27 heavy (non-hydrogen) atoms. The Balaban J connectivity index is 1.92. The normalized spacial score (nSPS) is 12.0. The van der Waals surface area contributed by atoms with Gasteiger partial charge in [0.15, 0.2) is 12.4 Å². The fraction of sp³-hybridized carbons (Fsp3) is 0.118. The van der Waals surface area contributed by atoms with Gasteiger partial charge in [-0.15, -0.1) is 0 Å². The zero-order valence-electron chi connectivity index (χ0n) is 13.5. The predicted molar refractivity (Wildman–Crippen MR) is 89.1 cm³/mol. The van der Waals surface area contributed by atoms with E-state index in [9.17, 15) is 22.4 Å². The maximum Gasteiger partial charge on any atom is 0.422 e. The molecule has 3 N–H and O–H groups in total. The summed E-state index contributed by atoms with van der Waals surface area (Å²) in [6.45, 7) is -1.64. The van der Waals surface area contributed by atoms with Crippen molar-refractivity contribution in [3.05, 3.63) is 48.2 Å². The predicted octanol–water partition coefficient (Wildman–Crippen LogP) is 3.20. The van der Waals surface area contributed by atoms with E-state index in [4.69, 9.17) is 5.73 Å². The number of halogens is 4. The molecule has 3 heterocycles. The van der Waals surface area contributed by atoms with Crippen molar-refractivity contribution in [2.75, 3.05) is 6.61 Å². The van der Waals surface area contributed by atoms with E-state index in [0.29, 0.717) is 27.7 Å². The summed E-state index contributed by atoms with van der Waals surface area (Å²) in [6.07, 6.45) is 2.35. The Bertz CT molecular complexity index is 1030. The Morgan fingerprint density at radius 2 is 1.93 bits per heavy atom. The molecule has 0 saturated carbocycles. The molecule has 0 aliphatic carbocycles. The highest BCUT2D eigenvalue weighted by Gasteiger charge is 2.29. The van der Waals surface area contributed by atoms with E-state index in [1.54, 1.807) is 12.3 Å². The molecule has 3 aromatic rings. The van der Waals surface area contributed by atoms with E-state index in [1.165, 1.54) is 24.5 Å². The number of nitrogens with one attached hydrogen (secondary N) is 1. The van der Waals surface area contributed by atoms with Crippen molar-refractivity contribution in [1.82, 2.24) is 15.0 Å². The average molecular weight is 380 g/mol. The van der Waals surface area contributed by atoms with Gasteiger partial charge in [-0.2, -0.15) is 13.2 Å². The molecule has 6 nitrogen and oxygen atoms in total. The number of fused-ring (bicyclic) bond motifs is 1. The number of amides is 1. The molecular weight excluding hydrogens is 368 g/mol. The molecule has 3 rings (SSSR count). The summed E-state index contributed by atoms with van der Waals surface area (Å²) in [5, 5.41) is 0.641. The first kappa shape index (κ1) is 18.4. The minimum Gasteiger partial charge on any atom is -0.466 e. The number of aromatic nitrogens is 3. The zero-order chi connectivity index (χ0) is 19.6. The van der Waals surface area contributed by atoms with Crippen molar-refractivity contribution in [2.24, 2.45) is 5.73 Å². The number of primary amides is 1. The summed E-state index contributed by atoms with van der Waals surface area (Å²) >= 11 is 0. The maximum atomic E-state index is 14.0. The molecule has 0 aromatic carbocycles. The lowest BCUT2D eigenvalue weighted by atomic mass is 10.1. The highest BCUT2D eigenvalue weighted by molar-refractivity contribution is 5.95. The van der Waals surface area contributed by atoms with Crippen molar-refractivity contribution >= 4 is 23.0 Å². The van der Waals surface area contributed by atoms with Crippen molar-refractivity contribution in [3.8, 4) is 17.0 Å². The quantitative estimate of drug-likeness (QED) is 0.525. The molecule has 3 aromatic heterocycles. The SMILES string of the molecule is NC(=O)/C=C/c1c[nH]c2ncc(-c3cnc(OCC(F)(F)F)c(F)c3)cc12. The van der Waals surface area contributed by atoms with Crippen LogP contribution in [0.1, 0.15) is 5.56 Å². The van der Waals surface area contributed by atoms with Crippen LogP contribution in [0.3, 0.4) is 0 Å². The number of aromatic amines is 1. The van der Waals surface area contributed by atoms with Crippen LogP contribution in [-0.2, 0) is 4.79 Å². The van der Waals surface area contributed by atoms with Gasteiger partial charge in [0.1, 0.15) is 5.65 Å². The van der Waals surface area contributed by atoms with E-state index < -0.39 is 30.4 Å². The summed E-state index contributed by atoms with van der Waals surface area (Å²) in [5.74, 6) is -2.38. The molecule has 0 spiro atoms. The third kappa shape index (κ3) is 4.40. The number of H-pyrrole nitrogens is 1. The lowest BCUT2D eigenvalue weighted by Gasteiger charge is -2.09.